The van der Waals surface area contributed by atoms with Crippen molar-refractivity contribution in [3.63, 3.8) is 0 Å². The molecule has 4 atom stereocenters. The Morgan fingerprint density at radius 1 is 1.00 bits per heavy atom. The minimum Gasteiger partial charge on any atom is -0.497 e. The van der Waals surface area contributed by atoms with Crippen molar-refractivity contribution >= 4 is 16.9 Å². The Labute approximate surface area is 242 Å². The number of fused-ring (bicyclic) bond motifs is 1. The first-order valence-corrected chi connectivity index (χ1v) is 14.5. The molecule has 1 aliphatic rings. The number of rotatable bonds is 13. The topological polar surface area (TPSA) is 95.7 Å². The van der Waals surface area contributed by atoms with Gasteiger partial charge in [-0.25, -0.2) is 9.97 Å². The highest BCUT2D eigenvalue weighted by atomic mass is 16.5. The summed E-state index contributed by atoms with van der Waals surface area (Å²) in [5.41, 5.74) is 3.26. The average Bonchev–Trinajstić information content (AvgIpc) is 3.55. The molecule has 0 unspecified atom stereocenters. The molecule has 1 aliphatic carbocycles. The smallest absolute Gasteiger partial charge is 0.145 e. The van der Waals surface area contributed by atoms with Gasteiger partial charge in [-0.3, -0.25) is 0 Å². The first-order valence-electron chi connectivity index (χ1n) is 14.5. The number of ether oxygens (including phenoxy) is 1. The standard InChI is InChI=1S/C33H41N5O3/c1-37(22-25-12-14-27(41-2)15-13-25)32-28-17-20-38(33(28)36-23-35-32)29-21-26(30(39)31(29)40)11-7-4-8-18-34-19-16-24-9-5-3-6-10-24/h3,5-7,9-15,17,20,23,26,29-31,34,39-40H,4,8,16,18-19,21-22H2,1-2H3/b11-7+/t26-,29+,30+,31-/m0/s1. The lowest BCUT2D eigenvalue weighted by atomic mass is 10.0. The first-order chi connectivity index (χ1) is 20.0. The van der Waals surface area contributed by atoms with Crippen LogP contribution in [0.3, 0.4) is 0 Å². The van der Waals surface area contributed by atoms with E-state index < -0.39 is 12.2 Å². The normalized spacial score (nSPS) is 20.7. The number of unbranched alkanes of at least 4 members (excludes halogenated alkanes) is 1. The number of aliphatic hydroxyl groups excluding tert-OH is 2. The molecule has 8 heteroatoms. The molecular weight excluding hydrogens is 514 g/mol. The molecule has 1 saturated carbocycles. The summed E-state index contributed by atoms with van der Waals surface area (Å²) in [5, 5.41) is 26.3. The van der Waals surface area contributed by atoms with E-state index in [9.17, 15) is 10.2 Å². The SMILES string of the molecule is COc1ccc(CN(C)c2ncnc3c2ccn3[C@@H]2C[C@H](/C=C/CCCNCCc3ccccc3)[C@@H](O)[C@H]2O)cc1. The van der Waals surface area contributed by atoms with E-state index in [1.807, 2.05) is 54.2 Å². The van der Waals surface area contributed by atoms with Gasteiger partial charge >= 0.3 is 0 Å². The fraction of sp³-hybridized carbons (Fsp3) is 0.394. The number of aliphatic hydroxyl groups is 2. The summed E-state index contributed by atoms with van der Waals surface area (Å²) in [7, 11) is 3.67. The predicted molar refractivity (Wildman–Crippen MR) is 163 cm³/mol. The number of aromatic nitrogens is 3. The van der Waals surface area contributed by atoms with E-state index >= 15 is 0 Å². The molecule has 216 valence electrons. The molecule has 0 bridgehead atoms. The highest BCUT2D eigenvalue weighted by molar-refractivity contribution is 5.87. The van der Waals surface area contributed by atoms with Crippen molar-refractivity contribution in [1.82, 2.24) is 19.9 Å². The zero-order valence-corrected chi connectivity index (χ0v) is 23.9. The summed E-state index contributed by atoms with van der Waals surface area (Å²) >= 11 is 0. The van der Waals surface area contributed by atoms with Gasteiger partial charge in [-0.2, -0.15) is 0 Å². The molecule has 0 radical (unpaired) electrons. The minimum absolute atomic E-state index is 0.0995. The van der Waals surface area contributed by atoms with Crippen LogP contribution in [0.4, 0.5) is 5.82 Å². The van der Waals surface area contributed by atoms with E-state index in [1.165, 1.54) is 5.56 Å². The summed E-state index contributed by atoms with van der Waals surface area (Å²) in [5.74, 6) is 1.55. The van der Waals surface area contributed by atoms with Crippen LogP contribution in [0.5, 0.6) is 5.75 Å². The molecule has 0 spiro atoms. The molecule has 8 nitrogen and oxygen atoms in total. The molecular formula is C33H41N5O3. The van der Waals surface area contributed by atoms with Crippen LogP contribution in [0, 0.1) is 5.92 Å². The number of nitrogens with zero attached hydrogens (tertiary/aromatic N) is 4. The Hall–Kier alpha value is -3.72. The lowest BCUT2D eigenvalue weighted by molar-refractivity contribution is 0.0138. The van der Waals surface area contributed by atoms with Gasteiger partial charge in [0.05, 0.1) is 24.6 Å². The molecule has 0 amide bonds. The Kier molecular flexibility index (Phi) is 9.67. The zero-order chi connectivity index (χ0) is 28.6. The summed E-state index contributed by atoms with van der Waals surface area (Å²) in [6, 6.07) is 20.3. The van der Waals surface area contributed by atoms with Gasteiger partial charge in [0.1, 0.15) is 29.6 Å². The molecule has 5 rings (SSSR count). The molecule has 3 N–H and O–H groups in total. The summed E-state index contributed by atoms with van der Waals surface area (Å²) in [6.45, 7) is 2.61. The second-order valence-corrected chi connectivity index (χ2v) is 10.9. The molecule has 4 aromatic rings. The number of methoxy groups -OCH3 is 1. The summed E-state index contributed by atoms with van der Waals surface area (Å²) < 4.78 is 7.27. The van der Waals surface area contributed by atoms with Gasteiger partial charge in [0.25, 0.3) is 0 Å². The van der Waals surface area contributed by atoms with E-state index in [2.05, 4.69) is 56.6 Å². The maximum absolute atomic E-state index is 11.0. The van der Waals surface area contributed by atoms with Crippen LogP contribution in [0.25, 0.3) is 11.0 Å². The van der Waals surface area contributed by atoms with Crippen LogP contribution in [0.15, 0.2) is 85.3 Å². The monoisotopic (exact) mass is 555 g/mol. The van der Waals surface area contributed by atoms with Crippen LogP contribution < -0.4 is 15.0 Å². The number of hydrogen-bond donors (Lipinski definition) is 3. The zero-order valence-electron chi connectivity index (χ0n) is 23.9. The van der Waals surface area contributed by atoms with Crippen molar-refractivity contribution in [3.8, 4) is 5.75 Å². The minimum atomic E-state index is -0.865. The third-order valence-corrected chi connectivity index (χ3v) is 8.02. The average molecular weight is 556 g/mol. The lowest BCUT2D eigenvalue weighted by Gasteiger charge is -2.21. The fourth-order valence-corrected chi connectivity index (χ4v) is 5.74. The lowest BCUT2D eigenvalue weighted by Crippen LogP contribution is -2.29. The van der Waals surface area contributed by atoms with Gasteiger partial charge < -0.3 is 29.7 Å². The Morgan fingerprint density at radius 2 is 1.80 bits per heavy atom. The van der Waals surface area contributed by atoms with E-state index in [0.717, 1.165) is 60.5 Å². The van der Waals surface area contributed by atoms with Crippen LogP contribution in [-0.2, 0) is 13.0 Å². The van der Waals surface area contributed by atoms with Gasteiger partial charge in [0.15, 0.2) is 0 Å². The summed E-state index contributed by atoms with van der Waals surface area (Å²) in [4.78, 5) is 11.2. The Bertz CT molecular complexity index is 1410. The van der Waals surface area contributed by atoms with Gasteiger partial charge in [0, 0.05) is 25.7 Å². The van der Waals surface area contributed by atoms with Crippen LogP contribution >= 0.6 is 0 Å². The highest BCUT2D eigenvalue weighted by Crippen LogP contribution is 2.39. The van der Waals surface area contributed by atoms with Crippen LogP contribution in [0.2, 0.25) is 0 Å². The van der Waals surface area contributed by atoms with Gasteiger partial charge in [0.2, 0.25) is 0 Å². The quantitative estimate of drug-likeness (QED) is 0.165. The number of anilines is 1. The molecule has 1 fully saturated rings. The third-order valence-electron chi connectivity index (χ3n) is 8.02. The van der Waals surface area contributed by atoms with Crippen molar-refractivity contribution < 1.29 is 14.9 Å². The Balaban J connectivity index is 1.16. The Morgan fingerprint density at radius 3 is 2.59 bits per heavy atom. The first kappa shape index (κ1) is 28.8. The second kappa shape index (κ2) is 13.8. The van der Waals surface area contributed by atoms with E-state index in [0.29, 0.717) is 13.0 Å². The third kappa shape index (κ3) is 6.96. The van der Waals surface area contributed by atoms with Gasteiger partial charge in [-0.05, 0) is 68.1 Å². The number of allylic oxidation sites excluding steroid dienone is 1. The van der Waals surface area contributed by atoms with Crippen molar-refractivity contribution in [2.24, 2.45) is 5.92 Å². The number of benzene rings is 2. The molecule has 2 aromatic carbocycles. The van der Waals surface area contributed by atoms with Crippen molar-refractivity contribution in [3.05, 3.63) is 96.5 Å². The van der Waals surface area contributed by atoms with Gasteiger partial charge in [-0.15, -0.1) is 0 Å². The van der Waals surface area contributed by atoms with E-state index in [-0.39, 0.29) is 12.0 Å². The van der Waals surface area contributed by atoms with Crippen molar-refractivity contribution in [2.75, 3.05) is 32.1 Å². The largest absolute Gasteiger partial charge is 0.497 e. The summed E-state index contributed by atoms with van der Waals surface area (Å²) in [6.07, 6.45) is 9.73. The van der Waals surface area contributed by atoms with E-state index in [1.54, 1.807) is 13.4 Å². The highest BCUT2D eigenvalue weighted by Gasteiger charge is 2.41. The molecule has 0 saturated heterocycles. The van der Waals surface area contributed by atoms with Gasteiger partial charge in [-0.1, -0.05) is 54.6 Å². The molecule has 0 aliphatic heterocycles. The molecule has 41 heavy (non-hydrogen) atoms. The van der Waals surface area contributed by atoms with Crippen molar-refractivity contribution in [1.29, 1.82) is 0 Å². The van der Waals surface area contributed by atoms with Crippen LogP contribution in [-0.4, -0.2) is 64.2 Å². The predicted octanol–water partition coefficient (Wildman–Crippen LogP) is 4.53. The fourth-order valence-electron chi connectivity index (χ4n) is 5.74. The maximum Gasteiger partial charge on any atom is 0.145 e. The van der Waals surface area contributed by atoms with Crippen molar-refractivity contribution in [2.45, 2.75) is 50.5 Å². The van der Waals surface area contributed by atoms with Crippen LogP contribution in [0.1, 0.15) is 36.4 Å². The number of nitrogens with one attached hydrogen (secondary N) is 1. The van der Waals surface area contributed by atoms with E-state index in [4.69, 9.17) is 4.74 Å². The second-order valence-electron chi connectivity index (χ2n) is 10.9. The molecule has 2 aromatic heterocycles. The number of hydrogen-bond acceptors (Lipinski definition) is 7. The maximum atomic E-state index is 11.0. The molecule has 2 heterocycles.